The van der Waals surface area contributed by atoms with E-state index in [0.29, 0.717) is 21.9 Å². The van der Waals surface area contributed by atoms with Crippen LogP contribution in [0.2, 0.25) is 0 Å². The number of nitrogens with one attached hydrogen (secondary N) is 3. The zero-order valence-electron chi connectivity index (χ0n) is 16.9. The zero-order chi connectivity index (χ0) is 21.8. The molecule has 30 heavy (non-hydrogen) atoms. The molecule has 5 amide bonds. The van der Waals surface area contributed by atoms with Gasteiger partial charge in [0.15, 0.2) is 0 Å². The summed E-state index contributed by atoms with van der Waals surface area (Å²) in [6, 6.07) is 6.22. The van der Waals surface area contributed by atoms with E-state index in [4.69, 9.17) is 0 Å². The standard InChI is InChI=1S/C20H23N5O4S/c1-11(2)19-22-12(3)17(30-19)18(28)24-14-6-4-13(5-7-14)23-15(26)8-9-25-16(27)10-21-20(25)29/h4-7,11H,8-10H2,1-3H3,(H,21,29)(H,23,26)(H,24,28). The lowest BCUT2D eigenvalue weighted by Gasteiger charge is -2.12. The molecule has 0 bridgehead atoms. The van der Waals surface area contributed by atoms with E-state index in [1.807, 2.05) is 20.8 Å². The molecule has 158 valence electrons. The first kappa shape index (κ1) is 21.4. The summed E-state index contributed by atoms with van der Waals surface area (Å²) in [6.07, 6.45) is 0.000483. The lowest BCUT2D eigenvalue weighted by atomic mass is 10.2. The third-order valence-electron chi connectivity index (χ3n) is 4.44. The van der Waals surface area contributed by atoms with Crippen LogP contribution in [0.3, 0.4) is 0 Å². The molecule has 0 atom stereocenters. The number of rotatable bonds is 7. The van der Waals surface area contributed by atoms with Crippen molar-refractivity contribution in [3.63, 3.8) is 0 Å². The Morgan fingerprint density at radius 1 is 1.17 bits per heavy atom. The number of nitrogens with zero attached hydrogens (tertiary/aromatic N) is 2. The van der Waals surface area contributed by atoms with Crippen molar-refractivity contribution in [2.75, 3.05) is 23.7 Å². The summed E-state index contributed by atoms with van der Waals surface area (Å²) in [7, 11) is 0. The number of aromatic nitrogens is 1. The zero-order valence-corrected chi connectivity index (χ0v) is 17.8. The molecule has 1 aliphatic rings. The fourth-order valence-corrected chi connectivity index (χ4v) is 3.78. The van der Waals surface area contributed by atoms with Gasteiger partial charge in [-0.1, -0.05) is 13.8 Å². The number of benzene rings is 1. The maximum absolute atomic E-state index is 12.5. The molecule has 2 heterocycles. The molecule has 1 aliphatic heterocycles. The molecule has 10 heteroatoms. The predicted molar refractivity (Wildman–Crippen MR) is 114 cm³/mol. The fourth-order valence-electron chi connectivity index (χ4n) is 2.82. The molecule has 2 aromatic rings. The normalized spacial score (nSPS) is 13.5. The Hall–Kier alpha value is -3.27. The Morgan fingerprint density at radius 3 is 2.33 bits per heavy atom. The van der Waals surface area contributed by atoms with Crippen LogP contribution in [0.15, 0.2) is 24.3 Å². The van der Waals surface area contributed by atoms with Crippen molar-refractivity contribution in [1.82, 2.24) is 15.2 Å². The van der Waals surface area contributed by atoms with Crippen LogP contribution < -0.4 is 16.0 Å². The van der Waals surface area contributed by atoms with Crippen LogP contribution >= 0.6 is 11.3 Å². The van der Waals surface area contributed by atoms with Gasteiger partial charge in [-0.25, -0.2) is 9.78 Å². The molecule has 1 fully saturated rings. The molecule has 1 aromatic heterocycles. The number of anilines is 2. The van der Waals surface area contributed by atoms with Crippen molar-refractivity contribution in [3.8, 4) is 0 Å². The first-order valence-corrected chi connectivity index (χ1v) is 10.3. The highest BCUT2D eigenvalue weighted by Gasteiger charge is 2.28. The van der Waals surface area contributed by atoms with Gasteiger partial charge in [-0.05, 0) is 31.2 Å². The van der Waals surface area contributed by atoms with Gasteiger partial charge in [0.2, 0.25) is 11.8 Å². The Morgan fingerprint density at radius 2 is 1.80 bits per heavy atom. The Bertz CT molecular complexity index is 968. The summed E-state index contributed by atoms with van der Waals surface area (Å²) in [6.45, 7) is 5.87. The quantitative estimate of drug-likeness (QED) is 0.585. The lowest BCUT2D eigenvalue weighted by Crippen LogP contribution is -2.33. The number of imide groups is 1. The van der Waals surface area contributed by atoms with Gasteiger partial charge in [-0.3, -0.25) is 19.3 Å². The summed E-state index contributed by atoms with van der Waals surface area (Å²) in [5.41, 5.74) is 1.85. The number of aryl methyl sites for hydroxylation is 1. The summed E-state index contributed by atoms with van der Waals surface area (Å²) in [5, 5.41) is 8.86. The Labute approximate surface area is 177 Å². The smallest absolute Gasteiger partial charge is 0.324 e. The average molecular weight is 430 g/mol. The SMILES string of the molecule is Cc1nc(C(C)C)sc1C(=O)Nc1ccc(NC(=O)CCN2C(=O)CNC2=O)cc1. The number of amides is 5. The predicted octanol–water partition coefficient (Wildman–Crippen LogP) is 2.71. The van der Waals surface area contributed by atoms with Crippen molar-refractivity contribution < 1.29 is 19.2 Å². The van der Waals surface area contributed by atoms with Gasteiger partial charge in [0, 0.05) is 30.3 Å². The van der Waals surface area contributed by atoms with Crippen LogP contribution in [0.4, 0.5) is 16.2 Å². The van der Waals surface area contributed by atoms with Gasteiger partial charge in [-0.2, -0.15) is 0 Å². The summed E-state index contributed by atoms with van der Waals surface area (Å²) in [5.74, 6) is -0.622. The van der Waals surface area contributed by atoms with Gasteiger partial charge >= 0.3 is 6.03 Å². The van der Waals surface area contributed by atoms with E-state index < -0.39 is 6.03 Å². The van der Waals surface area contributed by atoms with Crippen molar-refractivity contribution in [2.45, 2.75) is 33.1 Å². The molecule has 0 radical (unpaired) electrons. The number of urea groups is 1. The molecule has 0 unspecified atom stereocenters. The largest absolute Gasteiger partial charge is 0.329 e. The van der Waals surface area contributed by atoms with Crippen LogP contribution in [0, 0.1) is 6.92 Å². The van der Waals surface area contributed by atoms with E-state index in [2.05, 4.69) is 20.9 Å². The molecule has 1 saturated heterocycles. The van der Waals surface area contributed by atoms with Gasteiger partial charge in [0.25, 0.3) is 5.91 Å². The molecular formula is C20H23N5O4S. The maximum atomic E-state index is 12.5. The number of carbonyl (C=O) groups excluding carboxylic acids is 4. The van der Waals surface area contributed by atoms with E-state index in [1.54, 1.807) is 24.3 Å². The monoisotopic (exact) mass is 429 g/mol. The van der Waals surface area contributed by atoms with Crippen molar-refractivity contribution >= 4 is 46.5 Å². The topological polar surface area (TPSA) is 120 Å². The first-order valence-electron chi connectivity index (χ1n) is 9.51. The van der Waals surface area contributed by atoms with E-state index in [9.17, 15) is 19.2 Å². The minimum atomic E-state index is -0.482. The summed E-state index contributed by atoms with van der Waals surface area (Å²) >= 11 is 1.39. The van der Waals surface area contributed by atoms with Crippen LogP contribution in [-0.4, -0.2) is 46.7 Å². The number of hydrogen-bond acceptors (Lipinski definition) is 6. The van der Waals surface area contributed by atoms with Crippen LogP contribution in [0.5, 0.6) is 0 Å². The highest BCUT2D eigenvalue weighted by Crippen LogP contribution is 2.25. The highest BCUT2D eigenvalue weighted by atomic mass is 32.1. The second kappa shape index (κ2) is 9.04. The van der Waals surface area contributed by atoms with E-state index >= 15 is 0 Å². The van der Waals surface area contributed by atoms with Crippen LogP contribution in [-0.2, 0) is 9.59 Å². The molecule has 3 rings (SSSR count). The van der Waals surface area contributed by atoms with E-state index in [-0.39, 0.29) is 43.1 Å². The molecule has 3 N–H and O–H groups in total. The van der Waals surface area contributed by atoms with Gasteiger partial charge in [0.05, 0.1) is 17.2 Å². The van der Waals surface area contributed by atoms with Gasteiger partial charge < -0.3 is 16.0 Å². The molecule has 1 aromatic carbocycles. The highest BCUT2D eigenvalue weighted by molar-refractivity contribution is 7.14. The van der Waals surface area contributed by atoms with Crippen molar-refractivity contribution in [3.05, 3.63) is 39.8 Å². The molecular weight excluding hydrogens is 406 g/mol. The number of carbonyl (C=O) groups is 4. The second-order valence-corrected chi connectivity index (χ2v) is 8.19. The van der Waals surface area contributed by atoms with Crippen LogP contribution in [0.1, 0.15) is 46.6 Å². The fraction of sp³-hybridized carbons (Fsp3) is 0.350. The summed E-state index contributed by atoms with van der Waals surface area (Å²) in [4.78, 5) is 53.6. The molecule has 0 spiro atoms. The van der Waals surface area contributed by atoms with Crippen LogP contribution in [0.25, 0.3) is 0 Å². The van der Waals surface area contributed by atoms with Crippen molar-refractivity contribution in [2.24, 2.45) is 0 Å². The Kier molecular flexibility index (Phi) is 6.46. The summed E-state index contributed by atoms with van der Waals surface area (Å²) < 4.78 is 0. The minimum absolute atomic E-state index is 0.000483. The van der Waals surface area contributed by atoms with Gasteiger partial charge in [0.1, 0.15) is 4.88 Å². The van der Waals surface area contributed by atoms with E-state index in [0.717, 1.165) is 9.91 Å². The maximum Gasteiger partial charge on any atom is 0.324 e. The first-order chi connectivity index (χ1) is 14.2. The van der Waals surface area contributed by atoms with Gasteiger partial charge in [-0.15, -0.1) is 11.3 Å². The van der Waals surface area contributed by atoms with E-state index in [1.165, 1.54) is 11.3 Å². The number of thiazole rings is 1. The molecule has 9 nitrogen and oxygen atoms in total. The average Bonchev–Trinajstić information content (AvgIpc) is 3.24. The lowest BCUT2D eigenvalue weighted by molar-refractivity contribution is -0.125. The molecule has 0 saturated carbocycles. The Balaban J connectivity index is 1.53. The second-order valence-electron chi connectivity index (χ2n) is 7.16. The molecule has 0 aliphatic carbocycles. The number of hydrogen-bond donors (Lipinski definition) is 3. The van der Waals surface area contributed by atoms with Crippen molar-refractivity contribution in [1.29, 1.82) is 0 Å². The third kappa shape index (κ3) is 5.01. The minimum Gasteiger partial charge on any atom is -0.329 e. The third-order valence-corrected chi connectivity index (χ3v) is 5.90.